The third-order valence-corrected chi connectivity index (χ3v) is 2.73. The molecular formula is C10H15N3O2. The van der Waals surface area contributed by atoms with Crippen molar-refractivity contribution in [1.29, 1.82) is 0 Å². The molecule has 2 heterocycles. The molecule has 1 aliphatic heterocycles. The summed E-state index contributed by atoms with van der Waals surface area (Å²) in [6.07, 6.45) is 2.47. The van der Waals surface area contributed by atoms with Crippen LogP contribution in [0.4, 0.5) is 0 Å². The molecule has 0 amide bonds. The maximum atomic E-state index is 10.8. The molecule has 0 unspecified atom stereocenters. The Morgan fingerprint density at radius 1 is 1.53 bits per heavy atom. The van der Waals surface area contributed by atoms with Crippen molar-refractivity contribution < 1.29 is 9.90 Å². The Bertz CT molecular complexity index is 367. The maximum Gasteiger partial charge on any atom is 0.354 e. The molecule has 1 aliphatic rings. The van der Waals surface area contributed by atoms with Gasteiger partial charge in [0.1, 0.15) is 5.69 Å². The summed E-state index contributed by atoms with van der Waals surface area (Å²) in [4.78, 5) is 13.1. The standard InChI is InChI=1S/C10H15N3O2/c1-12-9(10(14)15)6-8(11-12)7-13-4-2-3-5-13/h6H,2-5,7H2,1H3,(H,14,15). The van der Waals surface area contributed by atoms with E-state index < -0.39 is 5.97 Å². The molecule has 0 saturated carbocycles. The molecule has 1 aromatic rings. The van der Waals surface area contributed by atoms with Gasteiger partial charge in [0.2, 0.25) is 0 Å². The average molecular weight is 209 g/mol. The number of carboxylic acid groups (broad SMARTS) is 1. The van der Waals surface area contributed by atoms with E-state index in [0.29, 0.717) is 0 Å². The van der Waals surface area contributed by atoms with E-state index in [-0.39, 0.29) is 5.69 Å². The van der Waals surface area contributed by atoms with Gasteiger partial charge in [-0.15, -0.1) is 0 Å². The van der Waals surface area contributed by atoms with E-state index in [2.05, 4.69) is 10.00 Å². The molecule has 1 saturated heterocycles. The van der Waals surface area contributed by atoms with Gasteiger partial charge in [-0.3, -0.25) is 9.58 Å². The van der Waals surface area contributed by atoms with Crippen LogP contribution in [0.3, 0.4) is 0 Å². The topological polar surface area (TPSA) is 58.4 Å². The van der Waals surface area contributed by atoms with Crippen LogP contribution in [-0.2, 0) is 13.6 Å². The molecule has 5 heteroatoms. The number of carboxylic acids is 1. The van der Waals surface area contributed by atoms with E-state index in [1.807, 2.05) is 0 Å². The Labute approximate surface area is 88.3 Å². The zero-order valence-electron chi connectivity index (χ0n) is 8.81. The monoisotopic (exact) mass is 209 g/mol. The molecule has 82 valence electrons. The zero-order valence-corrected chi connectivity index (χ0v) is 8.81. The van der Waals surface area contributed by atoms with Gasteiger partial charge in [0, 0.05) is 13.6 Å². The molecule has 0 bridgehead atoms. The summed E-state index contributed by atoms with van der Waals surface area (Å²) < 4.78 is 1.42. The quantitative estimate of drug-likeness (QED) is 0.796. The third kappa shape index (κ3) is 2.18. The van der Waals surface area contributed by atoms with Crippen LogP contribution in [-0.4, -0.2) is 38.8 Å². The summed E-state index contributed by atoms with van der Waals surface area (Å²) in [5.74, 6) is -0.919. The first kappa shape index (κ1) is 10.2. The predicted octanol–water partition coefficient (Wildman–Crippen LogP) is 0.714. The summed E-state index contributed by atoms with van der Waals surface area (Å²) in [6.45, 7) is 2.96. The second-order valence-electron chi connectivity index (χ2n) is 3.93. The van der Waals surface area contributed by atoms with Crippen LogP contribution < -0.4 is 0 Å². The van der Waals surface area contributed by atoms with E-state index in [1.54, 1.807) is 13.1 Å². The minimum absolute atomic E-state index is 0.254. The summed E-state index contributed by atoms with van der Waals surface area (Å²) >= 11 is 0. The van der Waals surface area contributed by atoms with Crippen molar-refractivity contribution in [2.24, 2.45) is 7.05 Å². The lowest BCUT2D eigenvalue weighted by atomic mass is 10.3. The second-order valence-corrected chi connectivity index (χ2v) is 3.93. The van der Waals surface area contributed by atoms with Gasteiger partial charge in [-0.05, 0) is 32.0 Å². The molecule has 15 heavy (non-hydrogen) atoms. The fourth-order valence-electron chi connectivity index (χ4n) is 1.97. The number of rotatable bonds is 3. The minimum atomic E-state index is -0.919. The van der Waals surface area contributed by atoms with Gasteiger partial charge >= 0.3 is 5.97 Å². The van der Waals surface area contributed by atoms with Gasteiger partial charge in [-0.1, -0.05) is 0 Å². The lowest BCUT2D eigenvalue weighted by Crippen LogP contribution is -2.18. The highest BCUT2D eigenvalue weighted by atomic mass is 16.4. The second kappa shape index (κ2) is 4.02. The first-order chi connectivity index (χ1) is 7.16. The molecule has 0 spiro atoms. The first-order valence-electron chi connectivity index (χ1n) is 5.15. The van der Waals surface area contributed by atoms with Crippen molar-refractivity contribution in [3.05, 3.63) is 17.5 Å². The Morgan fingerprint density at radius 2 is 2.20 bits per heavy atom. The van der Waals surface area contributed by atoms with E-state index in [9.17, 15) is 4.79 Å². The number of nitrogens with zero attached hydrogens (tertiary/aromatic N) is 3. The van der Waals surface area contributed by atoms with Crippen molar-refractivity contribution in [2.45, 2.75) is 19.4 Å². The fourth-order valence-corrected chi connectivity index (χ4v) is 1.97. The van der Waals surface area contributed by atoms with Gasteiger partial charge in [0.25, 0.3) is 0 Å². The smallest absolute Gasteiger partial charge is 0.354 e. The van der Waals surface area contributed by atoms with Crippen LogP contribution in [0.2, 0.25) is 0 Å². The summed E-state index contributed by atoms with van der Waals surface area (Å²) in [6, 6.07) is 1.65. The van der Waals surface area contributed by atoms with Crippen molar-refractivity contribution in [2.75, 3.05) is 13.1 Å². The normalized spacial score (nSPS) is 17.1. The van der Waals surface area contributed by atoms with Crippen molar-refractivity contribution >= 4 is 5.97 Å². The lowest BCUT2D eigenvalue weighted by Gasteiger charge is -2.11. The molecule has 1 N–H and O–H groups in total. The van der Waals surface area contributed by atoms with Crippen LogP contribution in [0, 0.1) is 0 Å². The van der Waals surface area contributed by atoms with Gasteiger partial charge in [-0.2, -0.15) is 5.10 Å². The number of aromatic carboxylic acids is 1. The largest absolute Gasteiger partial charge is 0.477 e. The minimum Gasteiger partial charge on any atom is -0.477 e. The fraction of sp³-hybridized carbons (Fsp3) is 0.600. The Balaban J connectivity index is 2.08. The average Bonchev–Trinajstić information content (AvgIpc) is 2.75. The Kier molecular flexibility index (Phi) is 2.73. The van der Waals surface area contributed by atoms with Crippen molar-refractivity contribution in [3.8, 4) is 0 Å². The van der Waals surface area contributed by atoms with Crippen LogP contribution in [0.5, 0.6) is 0 Å². The lowest BCUT2D eigenvalue weighted by molar-refractivity contribution is 0.0685. The number of carbonyl (C=O) groups is 1. The molecule has 0 radical (unpaired) electrons. The van der Waals surface area contributed by atoms with Gasteiger partial charge in [0.05, 0.1) is 5.69 Å². The number of aryl methyl sites for hydroxylation is 1. The number of hydrogen-bond acceptors (Lipinski definition) is 3. The highest BCUT2D eigenvalue weighted by molar-refractivity contribution is 5.85. The Hall–Kier alpha value is -1.36. The molecule has 1 aromatic heterocycles. The van der Waals surface area contributed by atoms with E-state index in [0.717, 1.165) is 25.3 Å². The summed E-state index contributed by atoms with van der Waals surface area (Å²) in [7, 11) is 1.66. The molecule has 0 atom stereocenters. The van der Waals surface area contributed by atoms with Gasteiger partial charge in [-0.25, -0.2) is 4.79 Å². The van der Waals surface area contributed by atoms with Crippen LogP contribution >= 0.6 is 0 Å². The maximum absolute atomic E-state index is 10.8. The SMILES string of the molecule is Cn1nc(CN2CCCC2)cc1C(=O)O. The van der Waals surface area contributed by atoms with E-state index in [1.165, 1.54) is 17.5 Å². The zero-order chi connectivity index (χ0) is 10.8. The van der Waals surface area contributed by atoms with Crippen LogP contribution in [0.1, 0.15) is 29.0 Å². The number of likely N-dealkylation sites (tertiary alicyclic amines) is 1. The van der Waals surface area contributed by atoms with E-state index in [4.69, 9.17) is 5.11 Å². The molecule has 0 aliphatic carbocycles. The first-order valence-corrected chi connectivity index (χ1v) is 5.15. The molecule has 0 aromatic carbocycles. The Morgan fingerprint density at radius 3 is 2.73 bits per heavy atom. The van der Waals surface area contributed by atoms with Crippen LogP contribution in [0.15, 0.2) is 6.07 Å². The highest BCUT2D eigenvalue weighted by Crippen LogP contribution is 2.12. The van der Waals surface area contributed by atoms with E-state index >= 15 is 0 Å². The highest BCUT2D eigenvalue weighted by Gasteiger charge is 2.16. The number of hydrogen-bond donors (Lipinski definition) is 1. The summed E-state index contributed by atoms with van der Waals surface area (Å²) in [5, 5.41) is 13.1. The third-order valence-electron chi connectivity index (χ3n) is 2.73. The summed E-state index contributed by atoms with van der Waals surface area (Å²) in [5.41, 5.74) is 1.10. The van der Waals surface area contributed by atoms with Crippen LogP contribution in [0.25, 0.3) is 0 Å². The molecule has 1 fully saturated rings. The van der Waals surface area contributed by atoms with Gasteiger partial charge < -0.3 is 5.11 Å². The van der Waals surface area contributed by atoms with Crippen molar-refractivity contribution in [3.63, 3.8) is 0 Å². The number of aromatic nitrogens is 2. The molecule has 5 nitrogen and oxygen atoms in total. The molecule has 2 rings (SSSR count). The van der Waals surface area contributed by atoms with Crippen molar-refractivity contribution in [1.82, 2.24) is 14.7 Å². The van der Waals surface area contributed by atoms with Gasteiger partial charge in [0.15, 0.2) is 0 Å². The predicted molar refractivity (Wildman–Crippen MR) is 54.7 cm³/mol. The molecular weight excluding hydrogens is 194 g/mol.